The molecule has 0 fully saturated rings. The summed E-state index contributed by atoms with van der Waals surface area (Å²) in [6.07, 6.45) is 0. The predicted molar refractivity (Wildman–Crippen MR) is 102 cm³/mol. The van der Waals surface area contributed by atoms with Gasteiger partial charge in [-0.25, -0.2) is 13.1 Å². The van der Waals surface area contributed by atoms with Gasteiger partial charge in [0.1, 0.15) is 5.60 Å². The lowest BCUT2D eigenvalue weighted by atomic mass is 9.96. The van der Waals surface area contributed by atoms with E-state index in [-0.39, 0.29) is 11.4 Å². The molecular weight excluding hydrogens is 358 g/mol. The van der Waals surface area contributed by atoms with Crippen LogP contribution in [0.4, 0.5) is 0 Å². The summed E-state index contributed by atoms with van der Waals surface area (Å²) in [5.74, 6) is 0.351. The van der Waals surface area contributed by atoms with Crippen LogP contribution in [0, 0.1) is 0 Å². The average molecular weight is 382 g/mol. The number of rotatable bonds is 7. The molecule has 25 heavy (non-hydrogen) atoms. The highest BCUT2D eigenvalue weighted by Crippen LogP contribution is 2.27. The molecule has 136 valence electrons. The zero-order valence-electron chi connectivity index (χ0n) is 14.9. The van der Waals surface area contributed by atoms with E-state index in [1.54, 1.807) is 31.4 Å². The Balaban J connectivity index is 2.19. The van der Waals surface area contributed by atoms with Crippen LogP contribution < -0.4 is 4.72 Å². The third-order valence-electron chi connectivity index (χ3n) is 4.34. The van der Waals surface area contributed by atoms with E-state index < -0.39 is 15.6 Å². The second-order valence-electron chi connectivity index (χ2n) is 6.49. The first-order valence-corrected chi connectivity index (χ1v) is 9.95. The highest BCUT2D eigenvalue weighted by atomic mass is 35.5. The van der Waals surface area contributed by atoms with Gasteiger partial charge in [-0.15, -0.1) is 0 Å². The second-order valence-corrected chi connectivity index (χ2v) is 8.70. The minimum atomic E-state index is -3.63. The van der Waals surface area contributed by atoms with Gasteiger partial charge in [0, 0.05) is 18.7 Å². The number of ether oxygens (including phenoxy) is 1. The third kappa shape index (κ3) is 4.82. The Hall–Kier alpha value is -1.40. The zero-order chi connectivity index (χ0) is 18.7. The normalized spacial score (nSPS) is 14.5. The average Bonchev–Trinajstić information content (AvgIpc) is 2.60. The fraction of sp³-hybridized carbons (Fsp3) is 0.368. The lowest BCUT2D eigenvalue weighted by molar-refractivity contribution is 0.00699. The Bertz CT molecular complexity index is 819. The second kappa shape index (κ2) is 7.87. The molecule has 0 spiro atoms. The molecular formula is C19H24ClNO3S. The molecule has 1 N–H and O–H groups in total. The third-order valence-corrected chi connectivity index (χ3v) is 5.99. The minimum absolute atomic E-state index is 0.0953. The van der Waals surface area contributed by atoms with E-state index in [4.69, 9.17) is 16.3 Å². The summed E-state index contributed by atoms with van der Waals surface area (Å²) < 4.78 is 33.4. The number of hydrogen-bond donors (Lipinski definition) is 1. The van der Waals surface area contributed by atoms with Gasteiger partial charge in [0.05, 0.1) is 4.90 Å². The van der Waals surface area contributed by atoms with Crippen molar-refractivity contribution in [3.05, 3.63) is 64.7 Å². The SMILES string of the molecule is COC(C)(CNS(=O)(=O)c1ccc(C(C)C)cc1)c1cccc(Cl)c1. The molecule has 2 aromatic rings. The van der Waals surface area contributed by atoms with E-state index in [1.165, 1.54) is 0 Å². The summed E-state index contributed by atoms with van der Waals surface area (Å²) in [5, 5.41) is 0.577. The molecule has 4 nitrogen and oxygen atoms in total. The molecule has 6 heteroatoms. The monoisotopic (exact) mass is 381 g/mol. The highest BCUT2D eigenvalue weighted by molar-refractivity contribution is 7.89. The molecule has 0 saturated carbocycles. The Morgan fingerprint density at radius 1 is 1.16 bits per heavy atom. The summed E-state index contributed by atoms with van der Waals surface area (Å²) in [7, 11) is -2.08. The first-order valence-electron chi connectivity index (χ1n) is 8.09. The Morgan fingerprint density at radius 2 is 1.80 bits per heavy atom. The smallest absolute Gasteiger partial charge is 0.240 e. The van der Waals surface area contributed by atoms with Crippen molar-refractivity contribution in [3.63, 3.8) is 0 Å². The van der Waals surface area contributed by atoms with Gasteiger partial charge in [-0.2, -0.15) is 0 Å². The van der Waals surface area contributed by atoms with Crippen molar-refractivity contribution < 1.29 is 13.2 Å². The van der Waals surface area contributed by atoms with Crippen molar-refractivity contribution in [1.82, 2.24) is 4.72 Å². The van der Waals surface area contributed by atoms with Crippen LogP contribution in [-0.4, -0.2) is 22.1 Å². The molecule has 0 aromatic heterocycles. The van der Waals surface area contributed by atoms with Gasteiger partial charge >= 0.3 is 0 Å². The molecule has 0 bridgehead atoms. The van der Waals surface area contributed by atoms with Crippen molar-refractivity contribution in [2.45, 2.75) is 37.2 Å². The van der Waals surface area contributed by atoms with Gasteiger partial charge in [-0.3, -0.25) is 0 Å². The maximum absolute atomic E-state index is 12.6. The van der Waals surface area contributed by atoms with E-state index in [0.717, 1.165) is 11.1 Å². The number of halogens is 1. The van der Waals surface area contributed by atoms with Crippen LogP contribution in [-0.2, 0) is 20.4 Å². The van der Waals surface area contributed by atoms with Crippen LogP contribution in [0.1, 0.15) is 37.8 Å². The summed E-state index contributed by atoms with van der Waals surface area (Å²) >= 11 is 6.04. The summed E-state index contributed by atoms with van der Waals surface area (Å²) in [4.78, 5) is 0.237. The predicted octanol–water partition coefficient (Wildman–Crippen LogP) is 4.30. The largest absolute Gasteiger partial charge is 0.372 e. The highest BCUT2D eigenvalue weighted by Gasteiger charge is 2.29. The lowest BCUT2D eigenvalue weighted by Gasteiger charge is -2.29. The first-order chi connectivity index (χ1) is 11.7. The van der Waals surface area contributed by atoms with Crippen molar-refractivity contribution >= 4 is 21.6 Å². The van der Waals surface area contributed by atoms with Crippen LogP contribution in [0.25, 0.3) is 0 Å². The van der Waals surface area contributed by atoms with Gasteiger partial charge in [0.15, 0.2) is 0 Å². The van der Waals surface area contributed by atoms with Crippen molar-refractivity contribution in [2.24, 2.45) is 0 Å². The maximum atomic E-state index is 12.6. The Kier molecular flexibility index (Phi) is 6.27. The summed E-state index contributed by atoms with van der Waals surface area (Å²) in [5.41, 5.74) is 1.08. The molecule has 2 aromatic carbocycles. The number of hydrogen-bond acceptors (Lipinski definition) is 3. The molecule has 2 rings (SSSR count). The quantitative estimate of drug-likeness (QED) is 0.777. The fourth-order valence-electron chi connectivity index (χ4n) is 2.46. The van der Waals surface area contributed by atoms with E-state index in [9.17, 15) is 8.42 Å². The van der Waals surface area contributed by atoms with E-state index in [1.807, 2.05) is 31.2 Å². The molecule has 0 radical (unpaired) electrons. The van der Waals surface area contributed by atoms with Crippen LogP contribution in [0.15, 0.2) is 53.4 Å². The number of benzene rings is 2. The van der Waals surface area contributed by atoms with Gasteiger partial charge in [-0.05, 0) is 48.2 Å². The number of nitrogens with one attached hydrogen (secondary N) is 1. The van der Waals surface area contributed by atoms with Gasteiger partial charge in [-0.1, -0.05) is 49.7 Å². The van der Waals surface area contributed by atoms with Gasteiger partial charge in [0.25, 0.3) is 0 Å². The lowest BCUT2D eigenvalue weighted by Crippen LogP contribution is -2.40. The molecule has 0 aliphatic heterocycles. The Labute approximate surface area is 155 Å². The van der Waals surface area contributed by atoms with E-state index in [2.05, 4.69) is 18.6 Å². The first kappa shape index (κ1) is 19.9. The minimum Gasteiger partial charge on any atom is -0.372 e. The maximum Gasteiger partial charge on any atom is 0.240 e. The van der Waals surface area contributed by atoms with Crippen LogP contribution >= 0.6 is 11.6 Å². The standard InChI is InChI=1S/C19H24ClNO3S/c1-14(2)15-8-10-18(11-9-15)25(22,23)21-13-19(3,24-4)16-6-5-7-17(20)12-16/h5-12,14,21H,13H2,1-4H3. The van der Waals surface area contributed by atoms with Gasteiger partial charge in [0.2, 0.25) is 10.0 Å². The van der Waals surface area contributed by atoms with Crippen LogP contribution in [0.2, 0.25) is 5.02 Å². The summed E-state index contributed by atoms with van der Waals surface area (Å²) in [6, 6.07) is 14.1. The molecule has 0 amide bonds. The molecule has 0 heterocycles. The molecule has 0 aliphatic rings. The van der Waals surface area contributed by atoms with E-state index in [0.29, 0.717) is 10.9 Å². The topological polar surface area (TPSA) is 55.4 Å². The Morgan fingerprint density at radius 3 is 2.32 bits per heavy atom. The fourth-order valence-corrected chi connectivity index (χ4v) is 3.77. The zero-order valence-corrected chi connectivity index (χ0v) is 16.5. The van der Waals surface area contributed by atoms with Crippen molar-refractivity contribution in [3.8, 4) is 0 Å². The number of methoxy groups -OCH3 is 1. The van der Waals surface area contributed by atoms with E-state index >= 15 is 0 Å². The van der Waals surface area contributed by atoms with Crippen molar-refractivity contribution in [1.29, 1.82) is 0 Å². The molecule has 1 atom stereocenters. The molecule has 1 unspecified atom stereocenters. The molecule has 0 aliphatic carbocycles. The van der Waals surface area contributed by atoms with Crippen LogP contribution in [0.5, 0.6) is 0 Å². The summed E-state index contributed by atoms with van der Waals surface area (Å²) in [6.45, 7) is 6.05. The molecule has 0 saturated heterocycles. The van der Waals surface area contributed by atoms with Crippen LogP contribution in [0.3, 0.4) is 0 Å². The van der Waals surface area contributed by atoms with Gasteiger partial charge < -0.3 is 4.74 Å². The van der Waals surface area contributed by atoms with Crippen molar-refractivity contribution in [2.75, 3.05) is 13.7 Å². The number of sulfonamides is 1.